The van der Waals surface area contributed by atoms with E-state index in [4.69, 9.17) is 9.47 Å². The van der Waals surface area contributed by atoms with Gasteiger partial charge < -0.3 is 9.47 Å². The molecule has 2 aromatic rings. The molecule has 3 rings (SSSR count). The van der Waals surface area contributed by atoms with Crippen LogP contribution in [0.5, 0.6) is 11.5 Å². The number of ether oxygens (including phenoxy) is 2. The molecule has 0 saturated heterocycles. The first-order valence-electron chi connectivity index (χ1n) is 9.44. The van der Waals surface area contributed by atoms with Crippen LogP contribution < -0.4 is 9.47 Å². The molecule has 2 atom stereocenters. The molecule has 1 aliphatic rings. The Morgan fingerprint density at radius 3 is 2.33 bits per heavy atom. The molecule has 1 heterocycles. The van der Waals surface area contributed by atoms with E-state index < -0.39 is 11.0 Å². The largest absolute Gasteiger partial charge is 0.493 e. The fraction of sp³-hybridized carbons (Fsp3) is 0.455. The van der Waals surface area contributed by atoms with E-state index in [9.17, 15) is 4.21 Å². The minimum absolute atomic E-state index is 0.0932. The molecule has 1 aliphatic heterocycles. The van der Waals surface area contributed by atoms with Crippen LogP contribution in [0.4, 0.5) is 0 Å². The Labute approximate surface area is 165 Å². The third-order valence-electron chi connectivity index (χ3n) is 5.08. The SMILES string of the molecule is COc1cc2c(cc1OC)C(CC(C)C)N(S(=O)c1ccc(C)cc1)CC2. The second-order valence-corrected chi connectivity index (χ2v) is 8.94. The van der Waals surface area contributed by atoms with Gasteiger partial charge in [-0.1, -0.05) is 31.5 Å². The summed E-state index contributed by atoms with van der Waals surface area (Å²) in [5, 5.41) is 0. The first kappa shape index (κ1) is 19.9. The van der Waals surface area contributed by atoms with E-state index in [-0.39, 0.29) is 6.04 Å². The van der Waals surface area contributed by atoms with Crippen LogP contribution in [0.1, 0.15) is 43.0 Å². The van der Waals surface area contributed by atoms with Gasteiger partial charge in [0.2, 0.25) is 0 Å². The summed E-state index contributed by atoms with van der Waals surface area (Å²) in [6.07, 6.45) is 1.79. The van der Waals surface area contributed by atoms with Gasteiger partial charge >= 0.3 is 0 Å². The van der Waals surface area contributed by atoms with Gasteiger partial charge in [-0.25, -0.2) is 8.51 Å². The number of fused-ring (bicyclic) bond motifs is 1. The maximum atomic E-state index is 13.4. The van der Waals surface area contributed by atoms with Gasteiger partial charge in [-0.2, -0.15) is 0 Å². The highest BCUT2D eigenvalue weighted by Gasteiger charge is 2.33. The van der Waals surface area contributed by atoms with E-state index >= 15 is 0 Å². The highest BCUT2D eigenvalue weighted by molar-refractivity contribution is 7.82. The van der Waals surface area contributed by atoms with E-state index in [0.29, 0.717) is 5.92 Å². The van der Waals surface area contributed by atoms with Crippen molar-refractivity contribution in [3.05, 3.63) is 53.1 Å². The molecule has 0 radical (unpaired) electrons. The van der Waals surface area contributed by atoms with Gasteiger partial charge in [0.1, 0.15) is 11.0 Å². The highest BCUT2D eigenvalue weighted by Crippen LogP contribution is 2.41. The van der Waals surface area contributed by atoms with Crippen LogP contribution in [0.2, 0.25) is 0 Å². The molecule has 5 heteroatoms. The number of hydrogen-bond donors (Lipinski definition) is 0. The van der Waals surface area contributed by atoms with Crippen LogP contribution in [0.25, 0.3) is 0 Å². The monoisotopic (exact) mass is 387 g/mol. The Bertz CT molecular complexity index is 817. The summed E-state index contributed by atoms with van der Waals surface area (Å²) in [6.45, 7) is 7.23. The van der Waals surface area contributed by atoms with Crippen molar-refractivity contribution in [1.82, 2.24) is 4.31 Å². The molecular weight excluding hydrogens is 358 g/mol. The van der Waals surface area contributed by atoms with E-state index in [1.165, 1.54) is 16.7 Å². The Morgan fingerprint density at radius 2 is 1.74 bits per heavy atom. The Kier molecular flexibility index (Phi) is 6.22. The minimum atomic E-state index is -1.19. The summed E-state index contributed by atoms with van der Waals surface area (Å²) < 4.78 is 26.5. The zero-order valence-corrected chi connectivity index (χ0v) is 17.6. The van der Waals surface area contributed by atoms with Crippen LogP contribution in [0.15, 0.2) is 41.3 Å². The number of rotatable bonds is 6. The van der Waals surface area contributed by atoms with E-state index in [1.54, 1.807) is 14.2 Å². The van der Waals surface area contributed by atoms with Crippen molar-refractivity contribution in [2.75, 3.05) is 20.8 Å². The Hall–Kier alpha value is -1.85. The Balaban J connectivity index is 2.01. The van der Waals surface area contributed by atoms with Crippen molar-refractivity contribution in [2.24, 2.45) is 5.92 Å². The van der Waals surface area contributed by atoms with Crippen LogP contribution in [-0.2, 0) is 17.4 Å². The molecule has 0 aliphatic carbocycles. The highest BCUT2D eigenvalue weighted by atomic mass is 32.2. The predicted octanol–water partition coefficient (Wildman–Crippen LogP) is 4.68. The zero-order chi connectivity index (χ0) is 19.6. The molecule has 0 saturated carbocycles. The van der Waals surface area contributed by atoms with Crippen LogP contribution in [0.3, 0.4) is 0 Å². The molecule has 0 aromatic heterocycles. The van der Waals surface area contributed by atoms with Crippen molar-refractivity contribution in [3.63, 3.8) is 0 Å². The third kappa shape index (κ3) is 4.19. The number of aryl methyl sites for hydroxylation is 1. The maximum absolute atomic E-state index is 13.4. The van der Waals surface area contributed by atoms with Crippen molar-refractivity contribution >= 4 is 11.0 Å². The molecule has 27 heavy (non-hydrogen) atoms. The molecule has 146 valence electrons. The van der Waals surface area contributed by atoms with Gasteiger partial charge in [-0.15, -0.1) is 0 Å². The summed E-state index contributed by atoms with van der Waals surface area (Å²) in [5.41, 5.74) is 3.64. The van der Waals surface area contributed by atoms with Crippen molar-refractivity contribution in [3.8, 4) is 11.5 Å². The molecule has 0 spiro atoms. The average molecular weight is 388 g/mol. The van der Waals surface area contributed by atoms with Crippen LogP contribution in [-0.4, -0.2) is 29.3 Å². The predicted molar refractivity (Wildman–Crippen MR) is 110 cm³/mol. The van der Waals surface area contributed by atoms with Crippen molar-refractivity contribution < 1.29 is 13.7 Å². The molecule has 4 nitrogen and oxygen atoms in total. The van der Waals surface area contributed by atoms with E-state index in [0.717, 1.165) is 35.8 Å². The van der Waals surface area contributed by atoms with Gasteiger partial charge in [0.15, 0.2) is 11.5 Å². The summed E-state index contributed by atoms with van der Waals surface area (Å²) in [4.78, 5) is 0.860. The Morgan fingerprint density at radius 1 is 1.11 bits per heavy atom. The summed E-state index contributed by atoms with van der Waals surface area (Å²) in [7, 11) is 2.14. The lowest BCUT2D eigenvalue weighted by Crippen LogP contribution is -2.37. The second kappa shape index (κ2) is 8.44. The third-order valence-corrected chi connectivity index (χ3v) is 6.62. The number of benzene rings is 2. The van der Waals surface area contributed by atoms with E-state index in [1.807, 2.05) is 31.2 Å². The van der Waals surface area contributed by atoms with Crippen molar-refractivity contribution in [1.29, 1.82) is 0 Å². The lowest BCUT2D eigenvalue weighted by molar-refractivity contribution is 0.279. The molecule has 2 unspecified atom stereocenters. The minimum Gasteiger partial charge on any atom is -0.493 e. The van der Waals surface area contributed by atoms with Crippen LogP contribution >= 0.6 is 0 Å². The normalized spacial score (nSPS) is 18.2. The van der Waals surface area contributed by atoms with Crippen molar-refractivity contribution in [2.45, 2.75) is 44.6 Å². The number of methoxy groups -OCH3 is 2. The molecule has 0 fully saturated rings. The van der Waals surface area contributed by atoms with Gasteiger partial charge in [0.05, 0.1) is 19.1 Å². The standard InChI is InChI=1S/C22H29NO3S/c1-15(2)12-20-19-14-22(26-5)21(25-4)13-17(19)10-11-23(20)27(24)18-8-6-16(3)7-9-18/h6-9,13-15,20H,10-12H2,1-5H3. The van der Waals surface area contributed by atoms with Gasteiger partial charge in [-0.05, 0) is 61.1 Å². The van der Waals surface area contributed by atoms with Crippen LogP contribution in [0, 0.1) is 12.8 Å². The number of nitrogens with zero attached hydrogens (tertiary/aromatic N) is 1. The molecule has 2 aromatic carbocycles. The lowest BCUT2D eigenvalue weighted by atomic mass is 9.89. The molecular formula is C22H29NO3S. The zero-order valence-electron chi connectivity index (χ0n) is 16.8. The second-order valence-electron chi connectivity index (χ2n) is 7.50. The van der Waals surface area contributed by atoms with E-state index in [2.05, 4.69) is 30.3 Å². The fourth-order valence-corrected chi connectivity index (χ4v) is 5.01. The quantitative estimate of drug-likeness (QED) is 0.722. The fourth-order valence-electron chi connectivity index (χ4n) is 3.68. The topological polar surface area (TPSA) is 38.8 Å². The molecule has 0 N–H and O–H groups in total. The van der Waals surface area contributed by atoms with Gasteiger partial charge in [0, 0.05) is 12.6 Å². The summed E-state index contributed by atoms with van der Waals surface area (Å²) in [6, 6.07) is 12.2. The average Bonchev–Trinajstić information content (AvgIpc) is 2.66. The van der Waals surface area contributed by atoms with Gasteiger partial charge in [-0.3, -0.25) is 0 Å². The molecule has 0 amide bonds. The molecule has 0 bridgehead atoms. The first-order valence-corrected chi connectivity index (χ1v) is 10.5. The first-order chi connectivity index (χ1) is 12.9. The summed E-state index contributed by atoms with van der Waals surface area (Å²) in [5.74, 6) is 1.98. The maximum Gasteiger partial charge on any atom is 0.161 e. The summed E-state index contributed by atoms with van der Waals surface area (Å²) >= 11 is 0. The number of hydrogen-bond acceptors (Lipinski definition) is 3. The smallest absolute Gasteiger partial charge is 0.161 e. The lowest BCUT2D eigenvalue weighted by Gasteiger charge is -2.37. The van der Waals surface area contributed by atoms with Gasteiger partial charge in [0.25, 0.3) is 0 Å².